The highest BCUT2D eigenvalue weighted by Gasteiger charge is 2.31. The maximum Gasteiger partial charge on any atom is 0.252 e. The average molecular weight is 341 g/mol. The molecule has 8 heteroatoms. The summed E-state index contributed by atoms with van der Waals surface area (Å²) in [5, 5.41) is 14.6. The van der Waals surface area contributed by atoms with E-state index in [0.29, 0.717) is 30.5 Å². The summed E-state index contributed by atoms with van der Waals surface area (Å²) in [7, 11) is 0. The largest absolute Gasteiger partial charge is 0.381 e. The lowest BCUT2D eigenvalue weighted by atomic mass is 9.91. The molecule has 1 aliphatic heterocycles. The Labute approximate surface area is 143 Å². The summed E-state index contributed by atoms with van der Waals surface area (Å²) < 4.78 is 10.8. The Balaban J connectivity index is 1.63. The highest BCUT2D eigenvalue weighted by Crippen LogP contribution is 2.30. The van der Waals surface area contributed by atoms with E-state index in [1.54, 1.807) is 19.2 Å². The van der Waals surface area contributed by atoms with Crippen molar-refractivity contribution in [3.8, 4) is 0 Å². The molecule has 1 fully saturated rings. The summed E-state index contributed by atoms with van der Waals surface area (Å²) >= 11 is 0. The number of carbonyl (C=O) groups excluding carboxylic acids is 1. The summed E-state index contributed by atoms with van der Waals surface area (Å²) in [5.41, 5.74) is 1.39. The van der Waals surface area contributed by atoms with Gasteiger partial charge in [-0.1, -0.05) is 11.2 Å². The summed E-state index contributed by atoms with van der Waals surface area (Å²) in [6, 6.07) is 5.17. The lowest BCUT2D eigenvalue weighted by Crippen LogP contribution is -2.36. The zero-order valence-corrected chi connectivity index (χ0v) is 13.9. The van der Waals surface area contributed by atoms with Crippen LogP contribution >= 0.6 is 0 Å². The van der Waals surface area contributed by atoms with Crippen LogP contribution in [0.5, 0.6) is 0 Å². The first kappa shape index (κ1) is 15.8. The van der Waals surface area contributed by atoms with Crippen molar-refractivity contribution in [1.29, 1.82) is 0 Å². The molecule has 3 heterocycles. The van der Waals surface area contributed by atoms with Crippen LogP contribution in [0.2, 0.25) is 0 Å². The van der Waals surface area contributed by atoms with Crippen molar-refractivity contribution in [3.05, 3.63) is 41.7 Å². The quantitative estimate of drug-likeness (QED) is 0.753. The highest BCUT2D eigenvalue weighted by atomic mass is 16.5. The first-order chi connectivity index (χ1) is 12.2. The van der Waals surface area contributed by atoms with Gasteiger partial charge >= 0.3 is 0 Å². The van der Waals surface area contributed by atoms with Crippen molar-refractivity contribution in [2.45, 2.75) is 25.8 Å². The van der Waals surface area contributed by atoms with Crippen LogP contribution in [-0.2, 0) is 4.74 Å². The van der Waals surface area contributed by atoms with Crippen molar-refractivity contribution in [1.82, 2.24) is 25.7 Å². The molecule has 1 amide bonds. The van der Waals surface area contributed by atoms with Crippen molar-refractivity contribution in [2.24, 2.45) is 5.92 Å². The normalized spacial score (nSPS) is 16.8. The molecule has 130 valence electrons. The number of aromatic nitrogens is 4. The molecule has 0 bridgehead atoms. The molecule has 0 aliphatic carbocycles. The fourth-order valence-corrected chi connectivity index (χ4v) is 3.25. The zero-order valence-electron chi connectivity index (χ0n) is 13.9. The van der Waals surface area contributed by atoms with Crippen LogP contribution in [0, 0.1) is 12.8 Å². The number of H-pyrrole nitrogens is 1. The van der Waals surface area contributed by atoms with Crippen molar-refractivity contribution in [3.63, 3.8) is 0 Å². The fraction of sp³-hybridized carbons (Fsp3) is 0.412. The number of hydrogen-bond acceptors (Lipinski definition) is 6. The number of fused-ring (bicyclic) bond motifs is 1. The van der Waals surface area contributed by atoms with Gasteiger partial charge in [-0.3, -0.25) is 9.89 Å². The third kappa shape index (κ3) is 3.12. The number of nitrogens with zero attached hydrogens (tertiary/aromatic N) is 3. The van der Waals surface area contributed by atoms with Crippen LogP contribution in [0.4, 0.5) is 0 Å². The maximum atomic E-state index is 12.9. The average Bonchev–Trinajstić information content (AvgIpc) is 3.28. The Kier molecular flexibility index (Phi) is 4.19. The van der Waals surface area contributed by atoms with E-state index in [1.165, 1.54) is 0 Å². The lowest BCUT2D eigenvalue weighted by Gasteiger charge is -2.28. The van der Waals surface area contributed by atoms with Crippen LogP contribution in [0.1, 0.15) is 41.0 Å². The number of hydrogen-bond donors (Lipinski definition) is 2. The first-order valence-electron chi connectivity index (χ1n) is 8.33. The van der Waals surface area contributed by atoms with E-state index in [-0.39, 0.29) is 17.9 Å². The molecule has 1 atom stereocenters. The molecule has 25 heavy (non-hydrogen) atoms. The fourth-order valence-electron chi connectivity index (χ4n) is 3.25. The molecule has 1 aliphatic rings. The summed E-state index contributed by atoms with van der Waals surface area (Å²) in [6.45, 7) is 3.10. The first-order valence-corrected chi connectivity index (χ1v) is 8.33. The SMILES string of the molecule is Cc1noc([C@@H](NC(=O)c2cccc3[nH]ncc23)C2CCOCC2)n1. The molecule has 4 rings (SSSR count). The Morgan fingerprint density at radius 1 is 1.36 bits per heavy atom. The number of aromatic amines is 1. The second kappa shape index (κ2) is 6.64. The standard InChI is InChI=1S/C17H19N5O3/c1-10-19-17(25-22-10)15(11-5-7-24-8-6-11)20-16(23)12-3-2-4-14-13(12)9-18-21-14/h2-4,9,11,15H,5-8H2,1H3,(H,18,21)(H,20,23)/t15-/m0/s1. The van der Waals surface area contributed by atoms with E-state index < -0.39 is 0 Å². The lowest BCUT2D eigenvalue weighted by molar-refractivity contribution is 0.0468. The monoisotopic (exact) mass is 341 g/mol. The summed E-state index contributed by atoms with van der Waals surface area (Å²) in [4.78, 5) is 17.2. The highest BCUT2D eigenvalue weighted by molar-refractivity contribution is 6.06. The van der Waals surface area contributed by atoms with Gasteiger partial charge in [0, 0.05) is 18.6 Å². The smallest absolute Gasteiger partial charge is 0.252 e. The van der Waals surface area contributed by atoms with E-state index in [4.69, 9.17) is 9.26 Å². The van der Waals surface area contributed by atoms with E-state index in [1.807, 2.05) is 12.1 Å². The summed E-state index contributed by atoms with van der Waals surface area (Å²) in [6.07, 6.45) is 3.33. The number of rotatable bonds is 4. The van der Waals surface area contributed by atoms with Gasteiger partial charge in [0.25, 0.3) is 5.91 Å². The number of ether oxygens (including phenoxy) is 1. The molecule has 0 spiro atoms. The minimum absolute atomic E-state index is 0.181. The van der Waals surface area contributed by atoms with Gasteiger partial charge in [-0.15, -0.1) is 0 Å². The summed E-state index contributed by atoms with van der Waals surface area (Å²) in [5.74, 6) is 1.01. The van der Waals surface area contributed by atoms with Crippen LogP contribution in [0.15, 0.2) is 28.9 Å². The molecule has 3 aromatic rings. The Morgan fingerprint density at radius 2 is 2.20 bits per heavy atom. The predicted octanol–water partition coefficient (Wildman–Crippen LogP) is 2.15. The molecule has 0 unspecified atom stereocenters. The van der Waals surface area contributed by atoms with Gasteiger partial charge < -0.3 is 14.6 Å². The van der Waals surface area contributed by atoms with Crippen LogP contribution in [-0.4, -0.2) is 39.5 Å². The zero-order chi connectivity index (χ0) is 17.2. The number of carbonyl (C=O) groups is 1. The topological polar surface area (TPSA) is 106 Å². The van der Waals surface area contributed by atoms with Gasteiger partial charge in [-0.2, -0.15) is 10.1 Å². The van der Waals surface area contributed by atoms with Gasteiger partial charge in [-0.25, -0.2) is 0 Å². The Hall–Kier alpha value is -2.74. The van der Waals surface area contributed by atoms with E-state index in [2.05, 4.69) is 25.7 Å². The Bertz CT molecular complexity index is 881. The predicted molar refractivity (Wildman–Crippen MR) is 88.9 cm³/mol. The molecule has 2 N–H and O–H groups in total. The van der Waals surface area contributed by atoms with E-state index in [9.17, 15) is 4.79 Å². The molecule has 0 saturated carbocycles. The molecule has 0 radical (unpaired) electrons. The third-order valence-corrected chi connectivity index (χ3v) is 4.56. The van der Waals surface area contributed by atoms with Gasteiger partial charge in [-0.05, 0) is 37.8 Å². The molecular weight excluding hydrogens is 322 g/mol. The molecule has 8 nitrogen and oxygen atoms in total. The van der Waals surface area contributed by atoms with E-state index >= 15 is 0 Å². The van der Waals surface area contributed by atoms with Gasteiger partial charge in [0.2, 0.25) is 5.89 Å². The number of benzene rings is 1. The molecule has 1 aromatic carbocycles. The van der Waals surface area contributed by atoms with E-state index in [0.717, 1.165) is 23.7 Å². The minimum Gasteiger partial charge on any atom is -0.381 e. The van der Waals surface area contributed by atoms with Gasteiger partial charge in [0.05, 0.1) is 17.3 Å². The molecule has 1 saturated heterocycles. The minimum atomic E-state index is -0.334. The number of amides is 1. The molecular formula is C17H19N5O3. The van der Waals surface area contributed by atoms with Crippen LogP contribution in [0.3, 0.4) is 0 Å². The Morgan fingerprint density at radius 3 is 2.96 bits per heavy atom. The van der Waals surface area contributed by atoms with Crippen LogP contribution < -0.4 is 5.32 Å². The maximum absolute atomic E-state index is 12.9. The van der Waals surface area contributed by atoms with Gasteiger partial charge in [0.1, 0.15) is 6.04 Å². The van der Waals surface area contributed by atoms with Crippen molar-refractivity contribution in [2.75, 3.05) is 13.2 Å². The number of nitrogens with one attached hydrogen (secondary N) is 2. The van der Waals surface area contributed by atoms with Crippen LogP contribution in [0.25, 0.3) is 10.9 Å². The van der Waals surface area contributed by atoms with Crippen molar-refractivity contribution >= 4 is 16.8 Å². The van der Waals surface area contributed by atoms with Crippen molar-refractivity contribution < 1.29 is 14.1 Å². The second-order valence-corrected chi connectivity index (χ2v) is 6.22. The second-order valence-electron chi connectivity index (χ2n) is 6.22. The van der Waals surface area contributed by atoms with Gasteiger partial charge in [0.15, 0.2) is 5.82 Å². The number of aryl methyl sites for hydroxylation is 1. The molecule has 2 aromatic heterocycles. The third-order valence-electron chi connectivity index (χ3n) is 4.56.